The highest BCUT2D eigenvalue weighted by Gasteiger charge is 2.25. The molecule has 3 rings (SSSR count). The molecule has 2 aromatic rings. The van der Waals surface area contributed by atoms with Gasteiger partial charge in [-0.2, -0.15) is 0 Å². The summed E-state index contributed by atoms with van der Waals surface area (Å²) in [7, 11) is 0. The Labute approximate surface area is 127 Å². The Morgan fingerprint density at radius 1 is 1.05 bits per heavy atom. The molecule has 20 heavy (non-hydrogen) atoms. The number of halogens is 1. The standard InChI is InChI=1S/C17H16BrNO/c18-16-10-4-2-6-13(16)8-5-11-19-12-14-7-1-3-9-15(14)17(19)20/h1-4,6-7,9-10H,5,8,11-12H2. The van der Waals surface area contributed by atoms with E-state index in [1.54, 1.807) is 0 Å². The van der Waals surface area contributed by atoms with E-state index in [0.717, 1.165) is 41.5 Å². The zero-order valence-electron chi connectivity index (χ0n) is 11.2. The van der Waals surface area contributed by atoms with Gasteiger partial charge in [0.2, 0.25) is 0 Å². The average Bonchev–Trinajstić information content (AvgIpc) is 2.78. The van der Waals surface area contributed by atoms with Crippen molar-refractivity contribution in [3.8, 4) is 0 Å². The third kappa shape index (κ3) is 2.63. The van der Waals surface area contributed by atoms with E-state index in [2.05, 4.69) is 34.1 Å². The Bertz CT molecular complexity index is 638. The number of aryl methyl sites for hydroxylation is 1. The van der Waals surface area contributed by atoms with Crippen molar-refractivity contribution in [2.24, 2.45) is 0 Å². The normalized spacial score (nSPS) is 13.7. The van der Waals surface area contributed by atoms with E-state index in [-0.39, 0.29) is 5.91 Å². The number of amides is 1. The number of hydrogen-bond donors (Lipinski definition) is 0. The van der Waals surface area contributed by atoms with Crippen LogP contribution in [-0.4, -0.2) is 17.4 Å². The minimum absolute atomic E-state index is 0.174. The molecule has 0 fully saturated rings. The van der Waals surface area contributed by atoms with Gasteiger partial charge in [-0.15, -0.1) is 0 Å². The highest BCUT2D eigenvalue weighted by Crippen LogP contribution is 2.23. The molecule has 0 radical (unpaired) electrons. The van der Waals surface area contributed by atoms with Crippen LogP contribution in [-0.2, 0) is 13.0 Å². The van der Waals surface area contributed by atoms with Crippen molar-refractivity contribution in [1.29, 1.82) is 0 Å². The van der Waals surface area contributed by atoms with E-state index < -0.39 is 0 Å². The average molecular weight is 330 g/mol. The SMILES string of the molecule is O=C1c2ccccc2CN1CCCc1ccccc1Br. The fourth-order valence-electron chi connectivity index (χ4n) is 2.66. The van der Waals surface area contributed by atoms with Crippen molar-refractivity contribution in [3.63, 3.8) is 0 Å². The number of carbonyl (C=O) groups excluding carboxylic acids is 1. The van der Waals surface area contributed by atoms with Crippen LogP contribution in [0.25, 0.3) is 0 Å². The number of benzene rings is 2. The second kappa shape index (κ2) is 5.80. The van der Waals surface area contributed by atoms with Gasteiger partial charge in [-0.05, 0) is 36.1 Å². The summed E-state index contributed by atoms with van der Waals surface area (Å²) in [6, 6.07) is 16.2. The molecule has 0 spiro atoms. The van der Waals surface area contributed by atoms with E-state index >= 15 is 0 Å². The monoisotopic (exact) mass is 329 g/mol. The molecule has 0 saturated heterocycles. The zero-order valence-corrected chi connectivity index (χ0v) is 12.8. The number of carbonyl (C=O) groups is 1. The molecular weight excluding hydrogens is 314 g/mol. The molecule has 2 aromatic carbocycles. The fourth-order valence-corrected chi connectivity index (χ4v) is 3.14. The second-order valence-corrected chi connectivity index (χ2v) is 5.93. The summed E-state index contributed by atoms with van der Waals surface area (Å²) in [5.41, 5.74) is 3.32. The van der Waals surface area contributed by atoms with E-state index in [4.69, 9.17) is 0 Å². The molecule has 3 heteroatoms. The van der Waals surface area contributed by atoms with Gasteiger partial charge in [0.25, 0.3) is 5.91 Å². The summed E-state index contributed by atoms with van der Waals surface area (Å²) in [4.78, 5) is 14.2. The first-order valence-corrected chi connectivity index (χ1v) is 7.65. The lowest BCUT2D eigenvalue weighted by Gasteiger charge is -2.15. The van der Waals surface area contributed by atoms with Crippen LogP contribution in [0.5, 0.6) is 0 Å². The van der Waals surface area contributed by atoms with Crippen LogP contribution in [0.2, 0.25) is 0 Å². The van der Waals surface area contributed by atoms with E-state index in [1.165, 1.54) is 5.56 Å². The smallest absolute Gasteiger partial charge is 0.254 e. The minimum Gasteiger partial charge on any atom is -0.334 e. The lowest BCUT2D eigenvalue weighted by Crippen LogP contribution is -2.25. The van der Waals surface area contributed by atoms with Gasteiger partial charge in [-0.25, -0.2) is 0 Å². The van der Waals surface area contributed by atoms with E-state index in [0.29, 0.717) is 0 Å². The Kier molecular flexibility index (Phi) is 3.88. The number of nitrogens with zero attached hydrogens (tertiary/aromatic N) is 1. The fraction of sp³-hybridized carbons (Fsp3) is 0.235. The molecule has 0 bridgehead atoms. The molecule has 1 aliphatic rings. The highest BCUT2D eigenvalue weighted by atomic mass is 79.9. The Morgan fingerprint density at radius 3 is 2.60 bits per heavy atom. The summed E-state index contributed by atoms with van der Waals surface area (Å²) in [5, 5.41) is 0. The van der Waals surface area contributed by atoms with Crippen LogP contribution < -0.4 is 0 Å². The first-order valence-electron chi connectivity index (χ1n) is 6.86. The molecule has 0 unspecified atom stereocenters. The molecular formula is C17H16BrNO. The highest BCUT2D eigenvalue weighted by molar-refractivity contribution is 9.10. The van der Waals surface area contributed by atoms with Crippen LogP contribution in [0.3, 0.4) is 0 Å². The molecule has 0 aliphatic carbocycles. The summed E-state index contributed by atoms with van der Waals surface area (Å²) >= 11 is 3.56. The van der Waals surface area contributed by atoms with Crippen molar-refractivity contribution < 1.29 is 4.79 Å². The lowest BCUT2D eigenvalue weighted by molar-refractivity contribution is 0.0776. The number of rotatable bonds is 4. The van der Waals surface area contributed by atoms with Crippen LogP contribution in [0.1, 0.15) is 27.9 Å². The second-order valence-electron chi connectivity index (χ2n) is 5.08. The van der Waals surface area contributed by atoms with Gasteiger partial charge in [0.05, 0.1) is 0 Å². The van der Waals surface area contributed by atoms with Gasteiger partial charge in [0.15, 0.2) is 0 Å². The molecule has 1 amide bonds. The van der Waals surface area contributed by atoms with Crippen LogP contribution in [0.15, 0.2) is 53.0 Å². The van der Waals surface area contributed by atoms with Crippen LogP contribution >= 0.6 is 15.9 Å². The Morgan fingerprint density at radius 2 is 1.80 bits per heavy atom. The third-order valence-electron chi connectivity index (χ3n) is 3.73. The molecule has 2 nitrogen and oxygen atoms in total. The first-order chi connectivity index (χ1) is 9.75. The largest absolute Gasteiger partial charge is 0.334 e. The Balaban J connectivity index is 1.59. The van der Waals surface area contributed by atoms with E-state index in [1.807, 2.05) is 35.2 Å². The maximum absolute atomic E-state index is 12.2. The molecule has 0 saturated carbocycles. The molecule has 0 aromatic heterocycles. The number of fused-ring (bicyclic) bond motifs is 1. The van der Waals surface area contributed by atoms with Crippen LogP contribution in [0, 0.1) is 0 Å². The van der Waals surface area contributed by atoms with E-state index in [9.17, 15) is 4.79 Å². The summed E-state index contributed by atoms with van der Waals surface area (Å²) in [6.07, 6.45) is 1.98. The quantitative estimate of drug-likeness (QED) is 0.829. The Hall–Kier alpha value is -1.61. The summed E-state index contributed by atoms with van der Waals surface area (Å²) in [5.74, 6) is 0.174. The van der Waals surface area contributed by atoms with Gasteiger partial charge in [-0.3, -0.25) is 4.79 Å². The van der Waals surface area contributed by atoms with Crippen LogP contribution in [0.4, 0.5) is 0 Å². The molecule has 0 atom stereocenters. The van der Waals surface area contributed by atoms with Crippen molar-refractivity contribution in [1.82, 2.24) is 4.90 Å². The minimum atomic E-state index is 0.174. The first kappa shape index (κ1) is 13.4. The summed E-state index contributed by atoms with van der Waals surface area (Å²) < 4.78 is 1.15. The predicted molar refractivity (Wildman–Crippen MR) is 83.6 cm³/mol. The van der Waals surface area contributed by atoms with Gasteiger partial charge < -0.3 is 4.90 Å². The predicted octanol–water partition coefficient (Wildman–Crippen LogP) is 4.04. The summed E-state index contributed by atoms with van der Waals surface area (Å²) in [6.45, 7) is 1.57. The maximum Gasteiger partial charge on any atom is 0.254 e. The van der Waals surface area contributed by atoms with Gasteiger partial charge in [0.1, 0.15) is 0 Å². The topological polar surface area (TPSA) is 20.3 Å². The maximum atomic E-state index is 12.2. The van der Waals surface area contributed by atoms with Gasteiger partial charge >= 0.3 is 0 Å². The molecule has 1 heterocycles. The number of hydrogen-bond acceptors (Lipinski definition) is 1. The van der Waals surface area contributed by atoms with Crippen molar-refractivity contribution in [2.45, 2.75) is 19.4 Å². The lowest BCUT2D eigenvalue weighted by atomic mass is 10.1. The van der Waals surface area contributed by atoms with Crippen molar-refractivity contribution >= 4 is 21.8 Å². The molecule has 0 N–H and O–H groups in total. The molecule has 1 aliphatic heterocycles. The van der Waals surface area contributed by atoms with Gasteiger partial charge in [0, 0.05) is 23.1 Å². The third-order valence-corrected chi connectivity index (χ3v) is 4.50. The van der Waals surface area contributed by atoms with Gasteiger partial charge in [-0.1, -0.05) is 52.3 Å². The van der Waals surface area contributed by atoms with Crippen molar-refractivity contribution in [2.75, 3.05) is 6.54 Å². The van der Waals surface area contributed by atoms with Crippen molar-refractivity contribution in [3.05, 3.63) is 69.7 Å². The molecule has 102 valence electrons. The zero-order chi connectivity index (χ0) is 13.9.